The van der Waals surface area contributed by atoms with Crippen molar-refractivity contribution in [3.8, 4) is 0 Å². The van der Waals surface area contributed by atoms with E-state index in [4.69, 9.17) is 0 Å². The van der Waals surface area contributed by atoms with E-state index < -0.39 is 11.4 Å². The number of hydrogen-bond donors (Lipinski definition) is 2. The molecule has 1 aromatic carbocycles. The standard InChI is InChI=1S/C18H22N2O3S/c1-3-8-15-19-11-14(24-15)16(21)20-12-18(4-2,17(22)23)13-9-6-5-7-10-13/h5-7,9-11H,3-4,8,12H2,1-2H3,(H,20,21)(H,22,23). The number of nitrogens with zero attached hydrogens (tertiary/aromatic N) is 1. The first kappa shape index (κ1) is 18.1. The van der Waals surface area contributed by atoms with Crippen LogP contribution >= 0.6 is 11.3 Å². The van der Waals surface area contributed by atoms with Crippen molar-refractivity contribution in [3.63, 3.8) is 0 Å². The first-order valence-electron chi connectivity index (χ1n) is 8.05. The van der Waals surface area contributed by atoms with Crippen LogP contribution in [-0.2, 0) is 16.6 Å². The first-order chi connectivity index (χ1) is 11.5. The van der Waals surface area contributed by atoms with Gasteiger partial charge < -0.3 is 10.4 Å². The molecule has 1 heterocycles. The van der Waals surface area contributed by atoms with Crippen molar-refractivity contribution in [3.05, 3.63) is 52.0 Å². The van der Waals surface area contributed by atoms with Gasteiger partial charge in [0, 0.05) is 6.54 Å². The second-order valence-electron chi connectivity index (χ2n) is 5.66. The van der Waals surface area contributed by atoms with Crippen molar-refractivity contribution in [2.75, 3.05) is 6.54 Å². The van der Waals surface area contributed by atoms with Crippen LogP contribution in [0, 0.1) is 0 Å². The van der Waals surface area contributed by atoms with Gasteiger partial charge in [0.25, 0.3) is 5.91 Å². The van der Waals surface area contributed by atoms with Crippen molar-refractivity contribution in [2.24, 2.45) is 0 Å². The summed E-state index contributed by atoms with van der Waals surface area (Å²) < 4.78 is 0. The maximum Gasteiger partial charge on any atom is 0.315 e. The van der Waals surface area contributed by atoms with Gasteiger partial charge in [-0.15, -0.1) is 11.3 Å². The topological polar surface area (TPSA) is 79.3 Å². The number of aliphatic carboxylic acids is 1. The van der Waals surface area contributed by atoms with Crippen molar-refractivity contribution in [2.45, 2.75) is 38.5 Å². The summed E-state index contributed by atoms with van der Waals surface area (Å²) in [6.07, 6.45) is 3.76. The van der Waals surface area contributed by atoms with E-state index in [0.29, 0.717) is 16.9 Å². The summed E-state index contributed by atoms with van der Waals surface area (Å²) in [6.45, 7) is 3.92. The summed E-state index contributed by atoms with van der Waals surface area (Å²) in [5.41, 5.74) is -0.440. The van der Waals surface area contributed by atoms with Gasteiger partial charge in [0.15, 0.2) is 0 Å². The highest BCUT2D eigenvalue weighted by Crippen LogP contribution is 2.28. The maximum absolute atomic E-state index is 12.3. The molecule has 0 saturated heterocycles. The fourth-order valence-corrected chi connectivity index (χ4v) is 3.54. The molecule has 1 aromatic heterocycles. The molecule has 0 radical (unpaired) electrons. The number of carboxylic acids is 1. The van der Waals surface area contributed by atoms with Crippen LogP contribution in [0.3, 0.4) is 0 Å². The molecule has 0 aliphatic rings. The molecule has 0 aliphatic carbocycles. The number of thiazole rings is 1. The summed E-state index contributed by atoms with van der Waals surface area (Å²) >= 11 is 1.36. The largest absolute Gasteiger partial charge is 0.481 e. The second-order valence-corrected chi connectivity index (χ2v) is 6.77. The molecular weight excluding hydrogens is 324 g/mol. The number of rotatable bonds is 8. The third-order valence-electron chi connectivity index (χ3n) is 4.13. The molecule has 128 valence electrons. The fourth-order valence-electron chi connectivity index (χ4n) is 2.60. The van der Waals surface area contributed by atoms with Crippen molar-refractivity contribution >= 4 is 23.2 Å². The fraction of sp³-hybridized carbons (Fsp3) is 0.389. The highest BCUT2D eigenvalue weighted by Gasteiger charge is 2.39. The van der Waals surface area contributed by atoms with Crippen LogP contribution in [0.25, 0.3) is 0 Å². The number of hydrogen-bond acceptors (Lipinski definition) is 4. The lowest BCUT2D eigenvalue weighted by atomic mass is 9.78. The van der Waals surface area contributed by atoms with Gasteiger partial charge in [0.1, 0.15) is 10.3 Å². The van der Waals surface area contributed by atoms with E-state index in [9.17, 15) is 14.7 Å². The molecular formula is C18H22N2O3S. The first-order valence-corrected chi connectivity index (χ1v) is 8.87. The van der Waals surface area contributed by atoms with Gasteiger partial charge in [-0.2, -0.15) is 0 Å². The Balaban J connectivity index is 2.15. The summed E-state index contributed by atoms with van der Waals surface area (Å²) in [7, 11) is 0. The highest BCUT2D eigenvalue weighted by atomic mass is 32.1. The normalized spacial score (nSPS) is 13.2. The van der Waals surface area contributed by atoms with Crippen LogP contribution in [-0.4, -0.2) is 28.5 Å². The van der Waals surface area contributed by atoms with Crippen LogP contribution in [0.5, 0.6) is 0 Å². The quantitative estimate of drug-likeness (QED) is 0.769. The third-order valence-corrected chi connectivity index (χ3v) is 5.19. The summed E-state index contributed by atoms with van der Waals surface area (Å²) in [5.74, 6) is -1.21. The number of amides is 1. The van der Waals surface area contributed by atoms with Crippen LogP contribution in [0.4, 0.5) is 0 Å². The van der Waals surface area contributed by atoms with Gasteiger partial charge in [-0.25, -0.2) is 4.98 Å². The van der Waals surface area contributed by atoms with Gasteiger partial charge in [-0.05, 0) is 24.8 Å². The molecule has 2 aromatic rings. The zero-order valence-corrected chi connectivity index (χ0v) is 14.7. The minimum atomic E-state index is -1.13. The van der Waals surface area contributed by atoms with Gasteiger partial charge in [-0.1, -0.05) is 44.2 Å². The molecule has 6 heteroatoms. The Morgan fingerprint density at radius 2 is 1.96 bits per heavy atom. The zero-order chi connectivity index (χ0) is 17.6. The molecule has 0 fully saturated rings. The molecule has 24 heavy (non-hydrogen) atoms. The molecule has 2 N–H and O–H groups in total. The number of nitrogens with one attached hydrogen (secondary N) is 1. The van der Waals surface area contributed by atoms with Crippen LogP contribution < -0.4 is 5.32 Å². The molecule has 0 bridgehead atoms. The maximum atomic E-state index is 12.3. The molecule has 5 nitrogen and oxygen atoms in total. The summed E-state index contributed by atoms with van der Waals surface area (Å²) in [5, 5.41) is 13.5. The average molecular weight is 346 g/mol. The second kappa shape index (κ2) is 8.06. The predicted octanol–water partition coefficient (Wildman–Crippen LogP) is 3.26. The average Bonchev–Trinajstić information content (AvgIpc) is 3.05. The molecule has 0 aliphatic heterocycles. The Bertz CT molecular complexity index is 699. The number of carboxylic acid groups (broad SMARTS) is 1. The highest BCUT2D eigenvalue weighted by molar-refractivity contribution is 7.13. The number of aromatic nitrogens is 1. The smallest absolute Gasteiger partial charge is 0.315 e. The van der Waals surface area contributed by atoms with E-state index in [1.165, 1.54) is 11.3 Å². The lowest BCUT2D eigenvalue weighted by Crippen LogP contribution is -2.46. The number of aryl methyl sites for hydroxylation is 1. The van der Waals surface area contributed by atoms with Gasteiger partial charge in [0.2, 0.25) is 0 Å². The minimum Gasteiger partial charge on any atom is -0.481 e. The monoisotopic (exact) mass is 346 g/mol. The van der Waals surface area contributed by atoms with E-state index in [2.05, 4.69) is 17.2 Å². The Labute approximate surface area is 145 Å². The SMILES string of the molecule is CCCc1ncc(C(=O)NCC(CC)(C(=O)O)c2ccccc2)s1. The van der Waals surface area contributed by atoms with E-state index in [1.807, 2.05) is 25.1 Å². The lowest BCUT2D eigenvalue weighted by Gasteiger charge is -2.28. The minimum absolute atomic E-state index is 0.0443. The zero-order valence-electron chi connectivity index (χ0n) is 13.9. The van der Waals surface area contributed by atoms with Gasteiger partial charge in [0.05, 0.1) is 11.2 Å². The Kier molecular flexibility index (Phi) is 6.09. The van der Waals surface area contributed by atoms with Gasteiger partial charge in [-0.3, -0.25) is 9.59 Å². The molecule has 1 unspecified atom stereocenters. The molecule has 2 rings (SSSR count). The van der Waals surface area contributed by atoms with Crippen LogP contribution in [0.2, 0.25) is 0 Å². The van der Waals surface area contributed by atoms with E-state index >= 15 is 0 Å². The van der Waals surface area contributed by atoms with Crippen LogP contribution in [0.15, 0.2) is 36.5 Å². The van der Waals surface area contributed by atoms with Crippen LogP contribution in [0.1, 0.15) is 46.9 Å². The Hall–Kier alpha value is -2.21. The molecule has 0 saturated carbocycles. The molecule has 1 atom stereocenters. The summed E-state index contributed by atoms with van der Waals surface area (Å²) in [4.78, 5) is 29.0. The molecule has 1 amide bonds. The number of carbonyl (C=O) groups is 2. The predicted molar refractivity (Wildman–Crippen MR) is 94.5 cm³/mol. The van der Waals surface area contributed by atoms with E-state index in [-0.39, 0.29) is 12.5 Å². The third kappa shape index (κ3) is 3.82. The summed E-state index contributed by atoms with van der Waals surface area (Å²) in [6, 6.07) is 9.04. The van der Waals surface area contributed by atoms with Gasteiger partial charge >= 0.3 is 5.97 Å². The van der Waals surface area contributed by atoms with Crippen molar-refractivity contribution in [1.82, 2.24) is 10.3 Å². The molecule has 0 spiro atoms. The van der Waals surface area contributed by atoms with E-state index in [1.54, 1.807) is 18.3 Å². The van der Waals surface area contributed by atoms with Crippen molar-refractivity contribution < 1.29 is 14.7 Å². The van der Waals surface area contributed by atoms with Crippen molar-refractivity contribution in [1.29, 1.82) is 0 Å². The Morgan fingerprint density at radius 3 is 2.54 bits per heavy atom. The van der Waals surface area contributed by atoms with E-state index in [0.717, 1.165) is 17.8 Å². The number of carbonyl (C=O) groups excluding carboxylic acids is 1. The Morgan fingerprint density at radius 1 is 1.25 bits per heavy atom. The lowest BCUT2D eigenvalue weighted by molar-refractivity contribution is -0.143. The number of benzene rings is 1.